The Morgan fingerprint density at radius 3 is 2.75 bits per heavy atom. The second-order valence-electron chi connectivity index (χ2n) is 4.12. The molecule has 2 rings (SSSR count). The molecule has 0 unspecified atom stereocenters. The topological polar surface area (TPSA) is 68.0 Å². The molecule has 1 aromatic heterocycles. The van der Waals surface area contributed by atoms with E-state index in [1.54, 1.807) is 13.0 Å². The zero-order chi connectivity index (χ0) is 14.9. The van der Waals surface area contributed by atoms with Gasteiger partial charge in [-0.25, -0.2) is 9.37 Å². The van der Waals surface area contributed by atoms with Crippen molar-refractivity contribution in [3.63, 3.8) is 0 Å². The number of amides is 1. The minimum Gasteiger partial charge on any atom is -0.398 e. The van der Waals surface area contributed by atoms with Crippen LogP contribution in [0.3, 0.4) is 0 Å². The summed E-state index contributed by atoms with van der Waals surface area (Å²) in [5.74, 6) is -1.00. The molecule has 2 aromatic rings. The summed E-state index contributed by atoms with van der Waals surface area (Å²) in [4.78, 5) is 15.9. The number of anilines is 2. The first kappa shape index (κ1) is 14.7. The average molecular weight is 359 g/mol. The lowest BCUT2D eigenvalue weighted by Gasteiger charge is -2.08. The van der Waals surface area contributed by atoms with Crippen molar-refractivity contribution in [1.29, 1.82) is 0 Å². The van der Waals surface area contributed by atoms with E-state index in [2.05, 4.69) is 26.2 Å². The van der Waals surface area contributed by atoms with Gasteiger partial charge in [0.05, 0.1) is 16.4 Å². The van der Waals surface area contributed by atoms with Crippen LogP contribution in [0.25, 0.3) is 0 Å². The summed E-state index contributed by atoms with van der Waals surface area (Å²) in [5.41, 5.74) is 6.76. The molecule has 0 saturated heterocycles. The number of nitrogen functional groups attached to an aromatic ring is 1. The zero-order valence-corrected chi connectivity index (χ0v) is 12.7. The van der Waals surface area contributed by atoms with E-state index in [0.717, 1.165) is 6.07 Å². The van der Waals surface area contributed by atoms with Crippen molar-refractivity contribution in [3.05, 3.63) is 51.0 Å². The SMILES string of the molecule is Cc1c(N)cc(C(=O)Nc2cnc(Cl)c(Br)c2)cc1F. The Balaban J connectivity index is 2.26. The van der Waals surface area contributed by atoms with Crippen LogP contribution in [0.4, 0.5) is 15.8 Å². The molecule has 0 atom stereocenters. The number of carbonyl (C=O) groups is 1. The maximum atomic E-state index is 13.6. The summed E-state index contributed by atoms with van der Waals surface area (Å²) in [6, 6.07) is 4.16. The Hall–Kier alpha value is -1.66. The van der Waals surface area contributed by atoms with E-state index in [1.165, 1.54) is 12.3 Å². The lowest BCUT2D eigenvalue weighted by molar-refractivity contribution is 0.102. The lowest BCUT2D eigenvalue weighted by Crippen LogP contribution is -2.13. The maximum absolute atomic E-state index is 13.6. The van der Waals surface area contributed by atoms with Gasteiger partial charge in [0, 0.05) is 16.8 Å². The fourth-order valence-corrected chi connectivity index (χ4v) is 1.98. The molecule has 20 heavy (non-hydrogen) atoms. The number of hydrogen-bond acceptors (Lipinski definition) is 3. The van der Waals surface area contributed by atoms with E-state index in [-0.39, 0.29) is 16.4 Å². The van der Waals surface area contributed by atoms with Gasteiger partial charge < -0.3 is 11.1 Å². The van der Waals surface area contributed by atoms with Gasteiger partial charge in [0.15, 0.2) is 0 Å². The molecule has 4 nitrogen and oxygen atoms in total. The van der Waals surface area contributed by atoms with Crippen molar-refractivity contribution in [1.82, 2.24) is 4.98 Å². The Labute approximate surface area is 128 Å². The van der Waals surface area contributed by atoms with E-state index in [1.807, 2.05) is 0 Å². The summed E-state index contributed by atoms with van der Waals surface area (Å²) in [5, 5.41) is 2.87. The summed E-state index contributed by atoms with van der Waals surface area (Å²) in [6.45, 7) is 1.55. The van der Waals surface area contributed by atoms with Gasteiger partial charge in [-0.3, -0.25) is 4.79 Å². The van der Waals surface area contributed by atoms with Crippen molar-refractivity contribution >= 4 is 44.8 Å². The highest BCUT2D eigenvalue weighted by molar-refractivity contribution is 9.10. The second-order valence-corrected chi connectivity index (χ2v) is 5.34. The summed E-state index contributed by atoms with van der Waals surface area (Å²) < 4.78 is 14.1. The van der Waals surface area contributed by atoms with Crippen LogP contribution in [-0.4, -0.2) is 10.9 Å². The minimum absolute atomic E-state index is 0.136. The number of benzene rings is 1. The van der Waals surface area contributed by atoms with Gasteiger partial charge in [0.1, 0.15) is 11.0 Å². The van der Waals surface area contributed by atoms with Crippen LogP contribution in [0.1, 0.15) is 15.9 Å². The summed E-state index contributed by atoms with van der Waals surface area (Å²) in [7, 11) is 0. The predicted molar refractivity (Wildman–Crippen MR) is 80.4 cm³/mol. The Morgan fingerprint density at radius 2 is 2.15 bits per heavy atom. The standard InChI is InChI=1S/C13H10BrClFN3O/c1-6-10(16)2-7(3-11(6)17)13(20)19-8-4-9(14)12(15)18-5-8/h2-5H,17H2,1H3,(H,19,20). The highest BCUT2D eigenvalue weighted by Gasteiger charge is 2.12. The zero-order valence-electron chi connectivity index (χ0n) is 10.4. The smallest absolute Gasteiger partial charge is 0.255 e. The molecule has 0 spiro atoms. The van der Waals surface area contributed by atoms with E-state index < -0.39 is 11.7 Å². The normalized spacial score (nSPS) is 10.4. The van der Waals surface area contributed by atoms with Gasteiger partial charge in [-0.2, -0.15) is 0 Å². The third-order valence-electron chi connectivity index (χ3n) is 2.70. The van der Waals surface area contributed by atoms with Crippen LogP contribution >= 0.6 is 27.5 Å². The monoisotopic (exact) mass is 357 g/mol. The molecule has 3 N–H and O–H groups in total. The largest absolute Gasteiger partial charge is 0.398 e. The minimum atomic E-state index is -0.523. The molecule has 0 bridgehead atoms. The van der Waals surface area contributed by atoms with Crippen LogP contribution < -0.4 is 11.1 Å². The lowest BCUT2D eigenvalue weighted by atomic mass is 10.1. The van der Waals surface area contributed by atoms with Crippen LogP contribution in [-0.2, 0) is 0 Å². The molecular weight excluding hydrogens is 349 g/mol. The number of aromatic nitrogens is 1. The molecule has 7 heteroatoms. The molecule has 104 valence electrons. The molecule has 1 amide bonds. The van der Waals surface area contributed by atoms with Crippen LogP contribution in [0.2, 0.25) is 5.15 Å². The van der Waals surface area contributed by atoms with E-state index in [4.69, 9.17) is 17.3 Å². The first-order chi connectivity index (χ1) is 9.38. The number of pyridine rings is 1. The van der Waals surface area contributed by atoms with Crippen molar-refractivity contribution in [2.24, 2.45) is 0 Å². The fraction of sp³-hybridized carbons (Fsp3) is 0.0769. The van der Waals surface area contributed by atoms with Gasteiger partial charge in [0.2, 0.25) is 0 Å². The van der Waals surface area contributed by atoms with Crippen molar-refractivity contribution in [2.75, 3.05) is 11.1 Å². The number of hydrogen-bond donors (Lipinski definition) is 2. The quantitative estimate of drug-likeness (QED) is 0.634. The molecule has 0 fully saturated rings. The van der Waals surface area contributed by atoms with Crippen LogP contribution in [0, 0.1) is 12.7 Å². The van der Waals surface area contributed by atoms with Crippen LogP contribution in [0.15, 0.2) is 28.9 Å². The van der Waals surface area contributed by atoms with Gasteiger partial charge >= 0.3 is 0 Å². The van der Waals surface area contributed by atoms with Gasteiger partial charge in [0.25, 0.3) is 5.91 Å². The molecular formula is C13H10BrClFN3O. The molecule has 0 saturated carbocycles. The molecule has 0 aliphatic rings. The molecule has 0 radical (unpaired) electrons. The number of nitrogens with two attached hydrogens (primary N) is 1. The third kappa shape index (κ3) is 3.08. The average Bonchev–Trinajstić information content (AvgIpc) is 2.39. The highest BCUT2D eigenvalue weighted by atomic mass is 79.9. The maximum Gasteiger partial charge on any atom is 0.255 e. The fourth-order valence-electron chi connectivity index (χ4n) is 1.52. The number of nitrogens with one attached hydrogen (secondary N) is 1. The molecule has 0 aliphatic carbocycles. The van der Waals surface area contributed by atoms with Crippen molar-refractivity contribution in [3.8, 4) is 0 Å². The van der Waals surface area contributed by atoms with Gasteiger partial charge in [-0.05, 0) is 41.1 Å². The number of halogens is 3. The third-order valence-corrected chi connectivity index (χ3v) is 3.83. The Bertz CT molecular complexity index is 670. The Morgan fingerprint density at radius 1 is 1.45 bits per heavy atom. The van der Waals surface area contributed by atoms with E-state index in [9.17, 15) is 9.18 Å². The van der Waals surface area contributed by atoms with E-state index in [0.29, 0.717) is 15.7 Å². The predicted octanol–water partition coefficient (Wildman–Crippen LogP) is 3.78. The summed E-state index contributed by atoms with van der Waals surface area (Å²) >= 11 is 8.96. The van der Waals surface area contributed by atoms with Crippen molar-refractivity contribution < 1.29 is 9.18 Å². The molecule has 1 aromatic carbocycles. The van der Waals surface area contributed by atoms with E-state index >= 15 is 0 Å². The second kappa shape index (κ2) is 5.76. The van der Waals surface area contributed by atoms with Crippen molar-refractivity contribution in [2.45, 2.75) is 6.92 Å². The first-order valence-electron chi connectivity index (χ1n) is 5.56. The van der Waals surface area contributed by atoms with Gasteiger partial charge in [-0.15, -0.1) is 0 Å². The highest BCUT2D eigenvalue weighted by Crippen LogP contribution is 2.24. The number of carbonyl (C=O) groups excluding carboxylic acids is 1. The van der Waals surface area contributed by atoms with Crippen LogP contribution in [0.5, 0.6) is 0 Å². The number of nitrogens with zero attached hydrogens (tertiary/aromatic N) is 1. The van der Waals surface area contributed by atoms with Gasteiger partial charge in [-0.1, -0.05) is 11.6 Å². The summed E-state index contributed by atoms with van der Waals surface area (Å²) in [6.07, 6.45) is 1.40. The molecule has 0 aliphatic heterocycles. The first-order valence-corrected chi connectivity index (χ1v) is 6.73. The molecule has 1 heterocycles. The Kier molecular flexibility index (Phi) is 4.25. The number of rotatable bonds is 2.